The van der Waals surface area contributed by atoms with Crippen molar-refractivity contribution >= 4 is 24.3 Å². The lowest BCUT2D eigenvalue weighted by atomic mass is 10.2. The Hall–Kier alpha value is -1.33. The smallest absolute Gasteiger partial charge is 0.382 e. The first-order valence-electron chi connectivity index (χ1n) is 6.78. The number of anilines is 1. The van der Waals surface area contributed by atoms with Gasteiger partial charge in [-0.3, -0.25) is 9.61 Å². The van der Waals surface area contributed by atoms with Crippen molar-refractivity contribution in [3.63, 3.8) is 0 Å². The van der Waals surface area contributed by atoms with Crippen molar-refractivity contribution in [1.29, 1.82) is 0 Å². The van der Waals surface area contributed by atoms with Gasteiger partial charge in [-0.15, -0.1) is 0 Å². The van der Waals surface area contributed by atoms with Crippen molar-refractivity contribution in [2.45, 2.75) is 19.9 Å². The van der Waals surface area contributed by atoms with Gasteiger partial charge in [-0.1, -0.05) is 0 Å². The number of ether oxygens (including phenoxy) is 1. The molecule has 116 valence electrons. The lowest BCUT2D eigenvalue weighted by molar-refractivity contribution is 0.138. The molecule has 0 saturated heterocycles. The Morgan fingerprint density at radius 2 is 2.10 bits per heavy atom. The van der Waals surface area contributed by atoms with E-state index in [0.29, 0.717) is 11.7 Å². The Labute approximate surface area is 124 Å². The number of benzene rings is 1. The van der Waals surface area contributed by atoms with Gasteiger partial charge in [0.15, 0.2) is 0 Å². The van der Waals surface area contributed by atoms with Crippen molar-refractivity contribution < 1.29 is 18.7 Å². The van der Waals surface area contributed by atoms with Gasteiger partial charge >= 0.3 is 7.75 Å². The summed E-state index contributed by atoms with van der Waals surface area (Å²) < 4.78 is 23.7. The fourth-order valence-corrected chi connectivity index (χ4v) is 2.98. The number of fused-ring (bicyclic) bond motifs is 1. The molecule has 1 aromatic heterocycles. The van der Waals surface area contributed by atoms with Crippen LogP contribution in [0, 0.1) is 0 Å². The first kappa shape index (κ1) is 16.0. The summed E-state index contributed by atoms with van der Waals surface area (Å²) in [4.78, 5) is 9.72. The second-order valence-electron chi connectivity index (χ2n) is 5.05. The summed E-state index contributed by atoms with van der Waals surface area (Å²) in [5.41, 5.74) is 1.64. The molecule has 1 heterocycles. The Kier molecular flexibility index (Phi) is 5.06. The molecule has 0 spiro atoms. The number of rotatable bonds is 7. The van der Waals surface area contributed by atoms with E-state index in [1.807, 2.05) is 24.4 Å². The topological polar surface area (TPSA) is 72.7 Å². The van der Waals surface area contributed by atoms with E-state index in [1.165, 1.54) is 7.11 Å². The van der Waals surface area contributed by atoms with Gasteiger partial charge in [0.1, 0.15) is 0 Å². The highest BCUT2D eigenvalue weighted by Crippen LogP contribution is 2.42. The molecule has 6 nitrogen and oxygen atoms in total. The predicted molar refractivity (Wildman–Crippen MR) is 83.6 cm³/mol. The van der Waals surface area contributed by atoms with Crippen LogP contribution < -0.4 is 5.09 Å². The van der Waals surface area contributed by atoms with E-state index in [1.54, 1.807) is 6.07 Å². The fraction of sp³-hybridized carbons (Fsp3) is 0.429. The standard InChI is InChI=1S/C14H21N2O4P/c1-11(2)16-7-6-12-10-13(4-5-14(12)16)15-21(17,18)20-9-8-19-3/h4-7,10-11H,8-9H2,1-3H3,(H2,15,17,18). The number of methoxy groups -OCH3 is 1. The molecule has 7 heteroatoms. The third-order valence-electron chi connectivity index (χ3n) is 3.10. The highest BCUT2D eigenvalue weighted by atomic mass is 31.2. The Balaban J connectivity index is 2.14. The molecule has 0 aliphatic rings. The quantitative estimate of drug-likeness (QED) is 0.605. The molecule has 0 bridgehead atoms. The summed E-state index contributed by atoms with van der Waals surface area (Å²) in [6.45, 7) is 4.54. The Bertz CT molecular complexity index is 653. The van der Waals surface area contributed by atoms with Gasteiger partial charge in [-0.2, -0.15) is 0 Å². The molecule has 0 radical (unpaired) electrons. The predicted octanol–water partition coefficient (Wildman–Crippen LogP) is 3.40. The summed E-state index contributed by atoms with van der Waals surface area (Å²) in [5.74, 6) is 0. The van der Waals surface area contributed by atoms with Crippen molar-refractivity contribution in [3.05, 3.63) is 30.5 Å². The molecule has 1 aromatic carbocycles. The van der Waals surface area contributed by atoms with E-state index in [4.69, 9.17) is 9.26 Å². The molecule has 2 aromatic rings. The Morgan fingerprint density at radius 3 is 2.76 bits per heavy atom. The average Bonchev–Trinajstić information content (AvgIpc) is 2.81. The van der Waals surface area contributed by atoms with E-state index in [-0.39, 0.29) is 13.2 Å². The first-order chi connectivity index (χ1) is 9.93. The highest BCUT2D eigenvalue weighted by Gasteiger charge is 2.19. The van der Waals surface area contributed by atoms with E-state index >= 15 is 0 Å². The molecule has 2 rings (SSSR count). The molecule has 0 aliphatic heterocycles. The molecule has 1 unspecified atom stereocenters. The summed E-state index contributed by atoms with van der Waals surface area (Å²) >= 11 is 0. The summed E-state index contributed by atoms with van der Waals surface area (Å²) in [6.07, 6.45) is 2.01. The SMILES string of the molecule is COCCOP(=O)(O)Nc1ccc2c(ccn2C(C)C)c1. The molecule has 0 amide bonds. The molecule has 1 atom stereocenters. The van der Waals surface area contributed by atoms with Crippen LogP contribution in [0.15, 0.2) is 30.5 Å². The van der Waals surface area contributed by atoms with Gasteiger partial charge in [-0.05, 0) is 38.1 Å². The van der Waals surface area contributed by atoms with Crippen LogP contribution in [0.25, 0.3) is 10.9 Å². The molecule has 21 heavy (non-hydrogen) atoms. The lowest BCUT2D eigenvalue weighted by Gasteiger charge is -2.14. The minimum absolute atomic E-state index is 0.0588. The number of hydrogen-bond acceptors (Lipinski definition) is 3. The molecular formula is C14H21N2O4P. The van der Waals surface area contributed by atoms with Crippen LogP contribution in [0.2, 0.25) is 0 Å². The van der Waals surface area contributed by atoms with Crippen LogP contribution >= 0.6 is 7.75 Å². The van der Waals surface area contributed by atoms with E-state index in [9.17, 15) is 9.46 Å². The third kappa shape index (κ3) is 4.08. The largest absolute Gasteiger partial charge is 0.430 e. The van der Waals surface area contributed by atoms with Crippen LogP contribution in [0.3, 0.4) is 0 Å². The van der Waals surface area contributed by atoms with Crippen molar-refractivity contribution in [2.24, 2.45) is 0 Å². The number of nitrogens with zero attached hydrogens (tertiary/aromatic N) is 1. The summed E-state index contributed by atoms with van der Waals surface area (Å²) in [7, 11) is -2.36. The van der Waals surface area contributed by atoms with Gasteiger partial charge in [0, 0.05) is 35.9 Å². The maximum atomic E-state index is 11.9. The average molecular weight is 312 g/mol. The molecule has 2 N–H and O–H groups in total. The number of nitrogens with one attached hydrogen (secondary N) is 1. The summed E-state index contributed by atoms with van der Waals surface area (Å²) in [5, 5.41) is 3.54. The second-order valence-corrected chi connectivity index (χ2v) is 6.57. The monoisotopic (exact) mass is 312 g/mol. The zero-order chi connectivity index (χ0) is 15.5. The van der Waals surface area contributed by atoms with Crippen LogP contribution in [0.5, 0.6) is 0 Å². The van der Waals surface area contributed by atoms with Crippen molar-refractivity contribution in [1.82, 2.24) is 4.57 Å². The zero-order valence-corrected chi connectivity index (χ0v) is 13.3. The molecular weight excluding hydrogens is 291 g/mol. The fourth-order valence-electron chi connectivity index (χ4n) is 2.12. The van der Waals surface area contributed by atoms with Crippen LogP contribution in [-0.2, 0) is 13.8 Å². The number of hydrogen-bond donors (Lipinski definition) is 2. The van der Waals surface area contributed by atoms with Crippen LogP contribution in [0.1, 0.15) is 19.9 Å². The lowest BCUT2D eigenvalue weighted by Crippen LogP contribution is -2.05. The molecule has 0 saturated carbocycles. The van der Waals surface area contributed by atoms with Gasteiger partial charge in [0.25, 0.3) is 0 Å². The first-order valence-corrected chi connectivity index (χ1v) is 8.36. The normalized spacial score (nSPS) is 14.5. The minimum Gasteiger partial charge on any atom is -0.382 e. The molecule has 0 aliphatic carbocycles. The van der Waals surface area contributed by atoms with Gasteiger partial charge < -0.3 is 14.2 Å². The van der Waals surface area contributed by atoms with Gasteiger partial charge in [0.05, 0.1) is 13.2 Å². The number of aromatic nitrogens is 1. The maximum absolute atomic E-state index is 11.9. The Morgan fingerprint density at radius 1 is 1.33 bits per heavy atom. The van der Waals surface area contributed by atoms with Gasteiger partial charge in [-0.25, -0.2) is 4.57 Å². The maximum Gasteiger partial charge on any atom is 0.430 e. The van der Waals surface area contributed by atoms with E-state index in [2.05, 4.69) is 23.5 Å². The second kappa shape index (κ2) is 6.62. The van der Waals surface area contributed by atoms with Gasteiger partial charge in [0.2, 0.25) is 0 Å². The van der Waals surface area contributed by atoms with Crippen LogP contribution in [0.4, 0.5) is 5.69 Å². The molecule has 0 fully saturated rings. The highest BCUT2D eigenvalue weighted by molar-refractivity contribution is 7.54. The van der Waals surface area contributed by atoms with E-state index in [0.717, 1.165) is 10.9 Å². The summed E-state index contributed by atoms with van der Waals surface area (Å²) in [6, 6.07) is 7.87. The van der Waals surface area contributed by atoms with Crippen LogP contribution in [-0.4, -0.2) is 29.8 Å². The zero-order valence-electron chi connectivity index (χ0n) is 12.4. The van der Waals surface area contributed by atoms with E-state index < -0.39 is 7.75 Å². The van der Waals surface area contributed by atoms with Crippen molar-refractivity contribution in [3.8, 4) is 0 Å². The van der Waals surface area contributed by atoms with Crippen molar-refractivity contribution in [2.75, 3.05) is 25.4 Å². The third-order valence-corrected chi connectivity index (χ3v) is 4.17. The minimum atomic E-state index is -3.87.